The number of para-hydroxylation sites is 4. The number of aromatic nitrogens is 3. The van der Waals surface area contributed by atoms with Crippen LogP contribution in [0, 0.1) is 17.8 Å². The van der Waals surface area contributed by atoms with Crippen LogP contribution in [0.5, 0.6) is 0 Å². The van der Waals surface area contributed by atoms with Gasteiger partial charge in [-0.2, -0.15) is 0 Å². The molecule has 0 aliphatic heterocycles. The van der Waals surface area contributed by atoms with Gasteiger partial charge in [0, 0.05) is 61.3 Å². The Hall–Kier alpha value is -6.07. The lowest BCUT2D eigenvalue weighted by molar-refractivity contribution is -0.149. The fraction of sp³-hybridized carbons (Fsp3) is 0.291. The summed E-state index contributed by atoms with van der Waals surface area (Å²) in [5.74, 6) is 1.20. The summed E-state index contributed by atoms with van der Waals surface area (Å²) in [7, 11) is 0. The Kier molecular flexibility index (Phi) is 9.76. The van der Waals surface area contributed by atoms with Gasteiger partial charge in [-0.15, -0.1) is 0 Å². The topological polar surface area (TPSA) is 41.1 Å². The number of nitrogens with zero attached hydrogens (tertiary/aromatic N) is 3. The van der Waals surface area contributed by atoms with E-state index < -0.39 is 0 Å². The van der Waals surface area contributed by atoms with E-state index in [1.807, 2.05) is 0 Å². The van der Waals surface area contributed by atoms with E-state index in [0.717, 1.165) is 38.6 Å². The fourth-order valence-corrected chi connectivity index (χ4v) is 10.9. The average molecular weight is 788 g/mol. The van der Waals surface area contributed by atoms with Crippen molar-refractivity contribution in [2.45, 2.75) is 77.2 Å². The summed E-state index contributed by atoms with van der Waals surface area (Å²) in [4.78, 5) is 12.5. The van der Waals surface area contributed by atoms with Crippen LogP contribution < -0.4 is 0 Å². The largest absolute Gasteiger partial charge is 0.465 e. The Morgan fingerprint density at radius 1 is 0.467 bits per heavy atom. The third-order valence-electron chi connectivity index (χ3n) is 13.9. The SMILES string of the molecule is O=C(OCCCCCCCCCCCn1c2ccc(-n3c4ccccc4c4ccccc43)cc2c2cc(-n3c4ccccc4c4ccccc43)ccc21)C1CC2C=CC1C2. The van der Waals surface area contributed by atoms with Crippen molar-refractivity contribution in [3.8, 4) is 11.4 Å². The molecule has 2 aliphatic rings. The molecule has 1 saturated carbocycles. The van der Waals surface area contributed by atoms with Crippen LogP contribution in [-0.4, -0.2) is 26.3 Å². The van der Waals surface area contributed by atoms with Gasteiger partial charge in [-0.1, -0.05) is 130 Å². The molecule has 3 unspecified atom stereocenters. The van der Waals surface area contributed by atoms with Gasteiger partial charge in [-0.05, 0) is 98.2 Å². The molecule has 2 bridgehead atoms. The maximum Gasteiger partial charge on any atom is 0.309 e. The molecule has 1 fully saturated rings. The minimum atomic E-state index is 0.0426. The highest BCUT2D eigenvalue weighted by molar-refractivity contribution is 6.13. The Bertz CT molecular complexity index is 2790. The number of carbonyl (C=O) groups is 1. The number of benzene rings is 6. The summed E-state index contributed by atoms with van der Waals surface area (Å²) in [5.41, 5.74) is 9.91. The number of fused-ring (bicyclic) bond motifs is 11. The number of allylic oxidation sites excluding steroid dienone is 2. The zero-order valence-electron chi connectivity index (χ0n) is 34.4. The maximum atomic E-state index is 12.5. The number of unbranched alkanes of at least 4 members (excludes halogenated alkanes) is 8. The van der Waals surface area contributed by atoms with Crippen LogP contribution in [0.2, 0.25) is 0 Å². The number of esters is 1. The number of aryl methyl sites for hydroxylation is 1. The van der Waals surface area contributed by atoms with Gasteiger partial charge >= 0.3 is 5.97 Å². The zero-order chi connectivity index (χ0) is 40.0. The van der Waals surface area contributed by atoms with Crippen LogP contribution >= 0.6 is 0 Å². The van der Waals surface area contributed by atoms with Crippen LogP contribution in [0.1, 0.15) is 70.6 Å². The van der Waals surface area contributed by atoms with Crippen molar-refractivity contribution in [1.82, 2.24) is 13.7 Å². The van der Waals surface area contributed by atoms with Crippen LogP contribution in [0.4, 0.5) is 0 Å². The quantitative estimate of drug-likeness (QED) is 0.0590. The minimum Gasteiger partial charge on any atom is -0.465 e. The first kappa shape index (κ1) is 37.0. The number of carbonyl (C=O) groups excluding carboxylic acids is 1. The summed E-state index contributed by atoms with van der Waals surface area (Å²) in [6.07, 6.45) is 17.5. The molecule has 3 aromatic heterocycles. The molecule has 2 aliphatic carbocycles. The van der Waals surface area contributed by atoms with Gasteiger partial charge in [0.25, 0.3) is 0 Å². The lowest BCUT2D eigenvalue weighted by Crippen LogP contribution is -2.21. The average Bonchev–Trinajstić information content (AvgIpc) is 4.13. The molecule has 9 aromatic rings. The predicted molar refractivity (Wildman–Crippen MR) is 249 cm³/mol. The monoisotopic (exact) mass is 787 g/mol. The van der Waals surface area contributed by atoms with Crippen molar-refractivity contribution in [3.05, 3.63) is 146 Å². The van der Waals surface area contributed by atoms with Crippen molar-refractivity contribution in [2.24, 2.45) is 17.8 Å². The second kappa shape index (κ2) is 15.8. The smallest absolute Gasteiger partial charge is 0.309 e. The summed E-state index contributed by atoms with van der Waals surface area (Å²) in [5, 5.41) is 7.72. The number of ether oxygens (including phenoxy) is 1. The summed E-state index contributed by atoms with van der Waals surface area (Å²) in [6.45, 7) is 1.59. The minimum absolute atomic E-state index is 0.0426. The second-order valence-electron chi connectivity index (χ2n) is 17.5. The first-order valence-corrected chi connectivity index (χ1v) is 22.6. The van der Waals surface area contributed by atoms with Gasteiger partial charge < -0.3 is 18.4 Å². The molecule has 5 heteroatoms. The van der Waals surface area contributed by atoms with Crippen molar-refractivity contribution >= 4 is 71.4 Å². The Morgan fingerprint density at radius 2 is 0.917 bits per heavy atom. The molecular weight excluding hydrogens is 735 g/mol. The van der Waals surface area contributed by atoms with E-state index in [0.29, 0.717) is 18.4 Å². The van der Waals surface area contributed by atoms with Gasteiger partial charge in [-0.3, -0.25) is 4.79 Å². The van der Waals surface area contributed by atoms with Gasteiger partial charge in [0.2, 0.25) is 0 Å². The predicted octanol–water partition coefficient (Wildman–Crippen LogP) is 14.3. The first-order valence-electron chi connectivity index (χ1n) is 22.6. The lowest BCUT2D eigenvalue weighted by Gasteiger charge is -2.16. The standard InChI is InChI=1S/C55H53N3O2/c59-55(46-35-38-26-27-39(46)34-38)60-33-17-7-5-3-1-2-4-6-16-32-56-49-30-28-40(57-51-22-12-8-18-42(51)43-19-9-13-23-52(43)57)36-47(49)48-37-41(29-31-50(48)56)58-53-24-14-10-20-44(53)45-21-11-15-25-54(45)58/h8-15,18-31,36-39,46H,1-7,16-17,32-35H2. The third-order valence-corrected chi connectivity index (χ3v) is 13.9. The highest BCUT2D eigenvalue weighted by Gasteiger charge is 2.40. The summed E-state index contributed by atoms with van der Waals surface area (Å²) in [6, 6.07) is 49.4. The van der Waals surface area contributed by atoms with E-state index in [9.17, 15) is 4.79 Å². The Labute approximate surface area is 351 Å². The zero-order valence-corrected chi connectivity index (χ0v) is 34.4. The van der Waals surface area contributed by atoms with Crippen molar-refractivity contribution < 1.29 is 9.53 Å². The highest BCUT2D eigenvalue weighted by Crippen LogP contribution is 2.44. The molecule has 0 N–H and O–H groups in total. The highest BCUT2D eigenvalue weighted by atomic mass is 16.5. The second-order valence-corrected chi connectivity index (χ2v) is 17.5. The summed E-state index contributed by atoms with van der Waals surface area (Å²) >= 11 is 0. The van der Waals surface area contributed by atoms with Gasteiger partial charge in [-0.25, -0.2) is 0 Å². The fourth-order valence-electron chi connectivity index (χ4n) is 10.9. The van der Waals surface area contributed by atoms with Crippen molar-refractivity contribution in [3.63, 3.8) is 0 Å². The number of hydrogen-bond acceptors (Lipinski definition) is 2. The van der Waals surface area contributed by atoms with E-state index >= 15 is 0 Å². The van der Waals surface area contributed by atoms with Crippen LogP contribution in [-0.2, 0) is 16.1 Å². The van der Waals surface area contributed by atoms with E-state index in [1.165, 1.54) is 115 Å². The number of hydrogen-bond donors (Lipinski definition) is 0. The van der Waals surface area contributed by atoms with Crippen LogP contribution in [0.15, 0.2) is 146 Å². The van der Waals surface area contributed by atoms with Gasteiger partial charge in [0.1, 0.15) is 0 Å². The van der Waals surface area contributed by atoms with E-state index in [-0.39, 0.29) is 11.9 Å². The molecular formula is C55H53N3O2. The van der Waals surface area contributed by atoms with Crippen molar-refractivity contribution in [1.29, 1.82) is 0 Å². The molecule has 60 heavy (non-hydrogen) atoms. The molecule has 3 heterocycles. The molecule has 0 radical (unpaired) electrons. The lowest BCUT2D eigenvalue weighted by atomic mass is 9.94. The van der Waals surface area contributed by atoms with Crippen LogP contribution in [0.3, 0.4) is 0 Å². The molecule has 0 saturated heterocycles. The van der Waals surface area contributed by atoms with Gasteiger partial charge in [0.05, 0.1) is 34.6 Å². The molecule has 11 rings (SSSR count). The number of rotatable bonds is 15. The van der Waals surface area contributed by atoms with E-state index in [4.69, 9.17) is 4.74 Å². The summed E-state index contributed by atoms with van der Waals surface area (Å²) < 4.78 is 13.1. The molecule has 0 amide bonds. The van der Waals surface area contributed by atoms with E-state index in [1.54, 1.807) is 0 Å². The molecule has 5 nitrogen and oxygen atoms in total. The molecule has 3 atom stereocenters. The maximum absolute atomic E-state index is 12.5. The third kappa shape index (κ3) is 6.50. The van der Waals surface area contributed by atoms with E-state index in [2.05, 4.69) is 159 Å². The molecule has 300 valence electrons. The van der Waals surface area contributed by atoms with Gasteiger partial charge in [0.15, 0.2) is 0 Å². The Balaban J connectivity index is 0.816. The molecule has 0 spiro atoms. The first-order chi connectivity index (χ1) is 29.7. The normalized spacial score (nSPS) is 17.4. The van der Waals surface area contributed by atoms with Crippen molar-refractivity contribution in [2.75, 3.05) is 6.61 Å². The Morgan fingerprint density at radius 3 is 1.37 bits per heavy atom. The molecule has 6 aromatic carbocycles. The van der Waals surface area contributed by atoms with Crippen LogP contribution in [0.25, 0.3) is 76.8 Å².